The van der Waals surface area contributed by atoms with Crippen LogP contribution in [0, 0.1) is 17.5 Å². The largest absolute Gasteiger partial charge is 0.223 e. The zero-order valence-corrected chi connectivity index (χ0v) is 8.47. The number of aromatic nitrogens is 2. The van der Waals surface area contributed by atoms with Crippen LogP contribution in [0.15, 0.2) is 24.4 Å². The van der Waals surface area contributed by atoms with E-state index in [4.69, 9.17) is 11.6 Å². The van der Waals surface area contributed by atoms with Gasteiger partial charge in [-0.05, 0) is 29.8 Å². The van der Waals surface area contributed by atoms with Crippen molar-refractivity contribution in [2.24, 2.45) is 0 Å². The zero-order chi connectivity index (χ0) is 11.7. The molecule has 0 unspecified atom stereocenters. The quantitative estimate of drug-likeness (QED) is 0.720. The maximum absolute atomic E-state index is 13.3. The molecule has 0 aliphatic rings. The third-order valence-corrected chi connectivity index (χ3v) is 2.08. The average molecular weight is 245 g/mol. The average Bonchev–Trinajstić information content (AvgIpc) is 2.25. The molecule has 1 aromatic heterocycles. The normalized spacial score (nSPS) is 10.5. The summed E-state index contributed by atoms with van der Waals surface area (Å²) < 4.78 is 39.5. The van der Waals surface area contributed by atoms with Crippen LogP contribution in [0.1, 0.15) is 0 Å². The molecule has 82 valence electrons. The molecule has 0 N–H and O–H groups in total. The zero-order valence-electron chi connectivity index (χ0n) is 7.72. The molecule has 0 amide bonds. The van der Waals surface area contributed by atoms with Crippen LogP contribution in [0.4, 0.5) is 13.2 Å². The maximum Gasteiger partial charge on any atom is 0.223 e. The Hall–Kier alpha value is -1.62. The van der Waals surface area contributed by atoms with Gasteiger partial charge in [0.1, 0.15) is 17.3 Å². The summed E-state index contributed by atoms with van der Waals surface area (Å²) in [7, 11) is 0. The summed E-state index contributed by atoms with van der Waals surface area (Å²) in [5.41, 5.74) is -0.654. The lowest BCUT2D eigenvalue weighted by molar-refractivity contribution is 0.593. The van der Waals surface area contributed by atoms with Crippen molar-refractivity contribution in [3.63, 3.8) is 0 Å². The molecule has 0 atom stereocenters. The van der Waals surface area contributed by atoms with Crippen molar-refractivity contribution in [1.82, 2.24) is 9.97 Å². The fraction of sp³-hybridized carbons (Fsp3) is 0. The van der Waals surface area contributed by atoms with Gasteiger partial charge >= 0.3 is 0 Å². The SMILES string of the molecule is Fc1ccc(F)c(-c2nc(Cl)ncc2F)c1. The molecule has 0 saturated heterocycles. The summed E-state index contributed by atoms with van der Waals surface area (Å²) in [5, 5.41) is -0.236. The van der Waals surface area contributed by atoms with Gasteiger partial charge in [0, 0.05) is 5.56 Å². The molecule has 1 heterocycles. The van der Waals surface area contributed by atoms with Crippen LogP contribution in [0.2, 0.25) is 5.28 Å². The van der Waals surface area contributed by atoms with Gasteiger partial charge in [0.15, 0.2) is 5.82 Å². The van der Waals surface area contributed by atoms with Gasteiger partial charge in [-0.2, -0.15) is 0 Å². The van der Waals surface area contributed by atoms with E-state index >= 15 is 0 Å². The van der Waals surface area contributed by atoms with Gasteiger partial charge in [0.25, 0.3) is 0 Å². The Kier molecular flexibility index (Phi) is 2.78. The van der Waals surface area contributed by atoms with Crippen molar-refractivity contribution >= 4 is 11.6 Å². The van der Waals surface area contributed by atoms with Crippen molar-refractivity contribution in [3.05, 3.63) is 47.1 Å². The molecular formula is C10H4ClF3N2. The fourth-order valence-corrected chi connectivity index (χ4v) is 1.35. The Morgan fingerprint density at radius 3 is 2.56 bits per heavy atom. The number of nitrogens with zero attached hydrogens (tertiary/aromatic N) is 2. The van der Waals surface area contributed by atoms with Crippen molar-refractivity contribution in [2.75, 3.05) is 0 Å². The van der Waals surface area contributed by atoms with Gasteiger partial charge in [0.2, 0.25) is 5.28 Å². The molecule has 2 rings (SSSR count). The number of benzene rings is 1. The first-order valence-electron chi connectivity index (χ1n) is 4.21. The van der Waals surface area contributed by atoms with Crippen molar-refractivity contribution in [2.45, 2.75) is 0 Å². The molecule has 0 aliphatic heterocycles. The van der Waals surface area contributed by atoms with Gasteiger partial charge < -0.3 is 0 Å². The number of hydrogen-bond donors (Lipinski definition) is 0. The van der Waals surface area contributed by atoms with E-state index < -0.39 is 17.5 Å². The van der Waals surface area contributed by atoms with Crippen molar-refractivity contribution < 1.29 is 13.2 Å². The van der Waals surface area contributed by atoms with E-state index in [2.05, 4.69) is 9.97 Å². The molecule has 0 bridgehead atoms. The number of halogens is 4. The molecule has 2 nitrogen and oxygen atoms in total. The minimum absolute atomic E-state index is 0.236. The molecule has 0 fully saturated rings. The number of hydrogen-bond acceptors (Lipinski definition) is 2. The van der Waals surface area contributed by atoms with Crippen molar-refractivity contribution in [1.29, 1.82) is 0 Å². The first kappa shape index (κ1) is 10.9. The van der Waals surface area contributed by atoms with Gasteiger partial charge in [0.05, 0.1) is 6.20 Å². The predicted octanol–water partition coefficient (Wildman–Crippen LogP) is 3.21. The summed E-state index contributed by atoms with van der Waals surface area (Å²) in [6.07, 6.45) is 0.801. The van der Waals surface area contributed by atoms with Gasteiger partial charge in [-0.15, -0.1) is 0 Å². The molecule has 2 aromatic rings. The second-order valence-electron chi connectivity index (χ2n) is 2.96. The standard InChI is InChI=1S/C10H4ClF3N2/c11-10-15-4-8(14)9(16-10)6-3-5(12)1-2-7(6)13/h1-4H. The third kappa shape index (κ3) is 1.99. The summed E-state index contributed by atoms with van der Waals surface area (Å²) >= 11 is 5.45. The summed E-state index contributed by atoms with van der Waals surface area (Å²) in [4.78, 5) is 6.90. The molecule has 0 radical (unpaired) electrons. The minimum Gasteiger partial charge on any atom is -0.223 e. The first-order chi connectivity index (χ1) is 7.58. The third-order valence-electron chi connectivity index (χ3n) is 1.90. The summed E-state index contributed by atoms with van der Waals surface area (Å²) in [6.45, 7) is 0. The molecule has 0 aliphatic carbocycles. The lowest BCUT2D eigenvalue weighted by Gasteiger charge is -2.04. The monoisotopic (exact) mass is 244 g/mol. The summed E-state index contributed by atoms with van der Waals surface area (Å²) in [6, 6.07) is 2.66. The maximum atomic E-state index is 13.3. The number of rotatable bonds is 1. The molecule has 6 heteroatoms. The Morgan fingerprint density at radius 2 is 1.81 bits per heavy atom. The van der Waals surface area contributed by atoms with Gasteiger partial charge in [-0.25, -0.2) is 23.1 Å². The summed E-state index contributed by atoms with van der Waals surface area (Å²) in [5.74, 6) is -2.34. The van der Waals surface area contributed by atoms with Crippen LogP contribution in [-0.2, 0) is 0 Å². The Morgan fingerprint density at radius 1 is 1.06 bits per heavy atom. The smallest absolute Gasteiger partial charge is 0.223 e. The van der Waals surface area contributed by atoms with Crippen LogP contribution >= 0.6 is 11.6 Å². The highest BCUT2D eigenvalue weighted by Gasteiger charge is 2.13. The van der Waals surface area contributed by atoms with E-state index in [-0.39, 0.29) is 16.5 Å². The van der Waals surface area contributed by atoms with E-state index in [1.165, 1.54) is 0 Å². The van der Waals surface area contributed by atoms with Crippen LogP contribution < -0.4 is 0 Å². The second-order valence-corrected chi connectivity index (χ2v) is 3.30. The Balaban J connectivity index is 2.66. The van der Waals surface area contributed by atoms with Crippen molar-refractivity contribution in [3.8, 4) is 11.3 Å². The molecule has 16 heavy (non-hydrogen) atoms. The minimum atomic E-state index is -0.867. The fourth-order valence-electron chi connectivity index (χ4n) is 1.21. The molecule has 1 aromatic carbocycles. The van der Waals surface area contributed by atoms with Crippen LogP contribution in [0.25, 0.3) is 11.3 Å². The van der Waals surface area contributed by atoms with E-state index in [1.807, 2.05) is 0 Å². The second kappa shape index (κ2) is 4.09. The van der Waals surface area contributed by atoms with Crippen LogP contribution in [0.5, 0.6) is 0 Å². The lowest BCUT2D eigenvalue weighted by Crippen LogP contribution is -1.95. The lowest BCUT2D eigenvalue weighted by atomic mass is 10.1. The van der Waals surface area contributed by atoms with Crippen LogP contribution in [0.3, 0.4) is 0 Å². The van der Waals surface area contributed by atoms with E-state index in [9.17, 15) is 13.2 Å². The molecule has 0 saturated carbocycles. The topological polar surface area (TPSA) is 25.8 Å². The molecular weight excluding hydrogens is 241 g/mol. The van der Waals surface area contributed by atoms with Gasteiger partial charge in [-0.1, -0.05) is 0 Å². The molecule has 0 spiro atoms. The van der Waals surface area contributed by atoms with E-state index in [0.29, 0.717) is 0 Å². The highest BCUT2D eigenvalue weighted by atomic mass is 35.5. The Labute approximate surface area is 93.7 Å². The highest BCUT2D eigenvalue weighted by Crippen LogP contribution is 2.24. The van der Waals surface area contributed by atoms with Crippen LogP contribution in [-0.4, -0.2) is 9.97 Å². The first-order valence-corrected chi connectivity index (χ1v) is 4.59. The van der Waals surface area contributed by atoms with E-state index in [1.54, 1.807) is 0 Å². The Bertz CT molecular complexity index is 496. The van der Waals surface area contributed by atoms with E-state index in [0.717, 1.165) is 24.4 Å². The van der Waals surface area contributed by atoms with Gasteiger partial charge in [-0.3, -0.25) is 0 Å². The highest BCUT2D eigenvalue weighted by molar-refractivity contribution is 6.28. The predicted molar refractivity (Wildman–Crippen MR) is 52.4 cm³/mol.